The molecule has 1 N–H and O–H groups in total. The minimum atomic E-state index is -1.00. The molecule has 0 spiro atoms. The molecule has 0 bridgehead atoms. The highest BCUT2D eigenvalue weighted by Gasteiger charge is 2.36. The Morgan fingerprint density at radius 1 is 1.53 bits per heavy atom. The Balaban J connectivity index is 2.52. The molecule has 1 aliphatic rings. The molecule has 82 valence electrons. The fraction of sp³-hybridized carbons (Fsp3) is 0.455. The Kier molecular flexibility index (Phi) is 2.89. The third kappa shape index (κ3) is 1.62. The van der Waals surface area contributed by atoms with Crippen LogP contribution >= 0.6 is 0 Å². The minimum Gasteiger partial charge on any atom is -0.312 e. The van der Waals surface area contributed by atoms with Gasteiger partial charge in [0.05, 0.1) is 16.0 Å². The van der Waals surface area contributed by atoms with Gasteiger partial charge in [-0.25, -0.2) is 4.39 Å². The summed E-state index contributed by atoms with van der Waals surface area (Å²) in [4.78, 5) is 0.780. The number of halogens is 1. The Morgan fingerprint density at radius 3 is 2.87 bits per heavy atom. The van der Waals surface area contributed by atoms with Crippen LogP contribution < -0.4 is 5.32 Å². The van der Waals surface area contributed by atoms with E-state index in [0.29, 0.717) is 0 Å². The van der Waals surface area contributed by atoms with E-state index in [1.165, 1.54) is 12.1 Å². The Hall–Kier alpha value is -0.740. The average Bonchev–Trinajstić information content (AvgIpc) is 2.50. The number of benzene rings is 1. The fourth-order valence-electron chi connectivity index (χ4n) is 2.16. The molecule has 0 saturated heterocycles. The normalized spacial score (nSPS) is 29.1. The number of hydrogen-bond acceptors (Lipinski definition) is 2. The number of hydrogen-bond donors (Lipinski definition) is 1. The standard InChI is InChI=1S/C11H14FNOS/c1-3-9-11(13-2)8-6-7(12)4-5-10(8)15(9)14/h4-6,9,11,13H,3H2,1-2H3. The van der Waals surface area contributed by atoms with Crippen molar-refractivity contribution in [1.29, 1.82) is 0 Å². The molecule has 1 aromatic carbocycles. The summed E-state index contributed by atoms with van der Waals surface area (Å²) in [5.74, 6) is -0.261. The molecule has 4 heteroatoms. The first-order chi connectivity index (χ1) is 7.19. The van der Waals surface area contributed by atoms with Crippen molar-refractivity contribution in [3.63, 3.8) is 0 Å². The lowest BCUT2D eigenvalue weighted by atomic mass is 10.0. The highest BCUT2D eigenvalue weighted by Crippen LogP contribution is 2.37. The van der Waals surface area contributed by atoms with Gasteiger partial charge in [-0.05, 0) is 37.2 Å². The van der Waals surface area contributed by atoms with E-state index in [1.807, 2.05) is 14.0 Å². The van der Waals surface area contributed by atoms with Gasteiger partial charge in [-0.2, -0.15) is 0 Å². The van der Waals surface area contributed by atoms with Crippen molar-refractivity contribution in [2.75, 3.05) is 7.05 Å². The quantitative estimate of drug-likeness (QED) is 0.837. The van der Waals surface area contributed by atoms with Crippen LogP contribution in [-0.4, -0.2) is 16.5 Å². The highest BCUT2D eigenvalue weighted by atomic mass is 32.2. The maximum Gasteiger partial charge on any atom is 0.123 e. The second kappa shape index (κ2) is 4.02. The summed E-state index contributed by atoms with van der Waals surface area (Å²) in [7, 11) is 0.821. The van der Waals surface area contributed by atoms with Gasteiger partial charge in [-0.15, -0.1) is 0 Å². The molecule has 3 unspecified atom stereocenters. The summed E-state index contributed by atoms with van der Waals surface area (Å²) >= 11 is 0. The molecule has 0 aromatic heterocycles. The maximum atomic E-state index is 13.1. The summed E-state index contributed by atoms with van der Waals surface area (Å²) in [6.45, 7) is 2.01. The van der Waals surface area contributed by atoms with Crippen LogP contribution in [0, 0.1) is 5.82 Å². The van der Waals surface area contributed by atoms with E-state index in [9.17, 15) is 8.60 Å². The zero-order valence-electron chi connectivity index (χ0n) is 8.79. The lowest BCUT2D eigenvalue weighted by Gasteiger charge is -2.16. The molecule has 1 aliphatic heterocycles. The SMILES string of the molecule is CCC1C(NC)c2cc(F)ccc2S1=O. The van der Waals surface area contributed by atoms with Crippen molar-refractivity contribution in [3.05, 3.63) is 29.6 Å². The first-order valence-electron chi connectivity index (χ1n) is 5.06. The summed E-state index contributed by atoms with van der Waals surface area (Å²) < 4.78 is 25.2. The van der Waals surface area contributed by atoms with E-state index in [-0.39, 0.29) is 17.1 Å². The van der Waals surface area contributed by atoms with Crippen LogP contribution in [0.3, 0.4) is 0 Å². The lowest BCUT2D eigenvalue weighted by molar-refractivity contribution is 0.546. The van der Waals surface area contributed by atoms with Crippen molar-refractivity contribution in [3.8, 4) is 0 Å². The number of nitrogens with one attached hydrogen (secondary N) is 1. The molecule has 1 heterocycles. The molecule has 2 rings (SSSR count). The Morgan fingerprint density at radius 2 is 2.27 bits per heavy atom. The lowest BCUT2D eigenvalue weighted by Crippen LogP contribution is -2.26. The van der Waals surface area contributed by atoms with Crippen LogP contribution in [-0.2, 0) is 10.8 Å². The second-order valence-corrected chi connectivity index (χ2v) is 5.33. The maximum absolute atomic E-state index is 13.1. The second-order valence-electron chi connectivity index (χ2n) is 3.69. The van der Waals surface area contributed by atoms with Crippen LogP contribution in [0.1, 0.15) is 24.9 Å². The monoisotopic (exact) mass is 227 g/mol. The van der Waals surface area contributed by atoms with Crippen molar-refractivity contribution in [1.82, 2.24) is 5.32 Å². The third-order valence-electron chi connectivity index (χ3n) is 2.88. The fourth-order valence-corrected chi connectivity index (χ4v) is 3.94. The molecule has 0 amide bonds. The first kappa shape index (κ1) is 10.8. The average molecular weight is 227 g/mol. The van der Waals surface area contributed by atoms with E-state index in [0.717, 1.165) is 16.9 Å². The van der Waals surface area contributed by atoms with Gasteiger partial charge in [0.25, 0.3) is 0 Å². The topological polar surface area (TPSA) is 29.1 Å². The van der Waals surface area contributed by atoms with Crippen molar-refractivity contribution >= 4 is 10.8 Å². The summed E-state index contributed by atoms with van der Waals surface area (Å²) in [5, 5.41) is 3.18. The predicted octanol–water partition coefficient (Wildman–Crippen LogP) is 1.99. The van der Waals surface area contributed by atoms with Gasteiger partial charge >= 0.3 is 0 Å². The molecular formula is C11H14FNOS. The number of rotatable bonds is 2. The van der Waals surface area contributed by atoms with Crippen LogP contribution in [0.5, 0.6) is 0 Å². The highest BCUT2D eigenvalue weighted by molar-refractivity contribution is 7.86. The van der Waals surface area contributed by atoms with Gasteiger partial charge in [0.15, 0.2) is 0 Å². The summed E-state index contributed by atoms with van der Waals surface area (Å²) in [6.07, 6.45) is 0.828. The van der Waals surface area contributed by atoms with E-state index in [4.69, 9.17) is 0 Å². The van der Waals surface area contributed by atoms with Crippen LogP contribution in [0.15, 0.2) is 23.1 Å². The molecule has 0 aliphatic carbocycles. The van der Waals surface area contributed by atoms with Crippen molar-refractivity contribution in [2.45, 2.75) is 29.5 Å². The Bertz CT molecular complexity index is 408. The van der Waals surface area contributed by atoms with Gasteiger partial charge in [0.1, 0.15) is 5.82 Å². The zero-order valence-corrected chi connectivity index (χ0v) is 9.60. The summed E-state index contributed by atoms with van der Waals surface area (Å²) in [6, 6.07) is 4.52. The van der Waals surface area contributed by atoms with E-state index in [2.05, 4.69) is 5.32 Å². The Labute approximate surface area is 91.3 Å². The largest absolute Gasteiger partial charge is 0.312 e. The third-order valence-corrected chi connectivity index (χ3v) is 4.84. The van der Waals surface area contributed by atoms with E-state index < -0.39 is 10.8 Å². The van der Waals surface area contributed by atoms with Gasteiger partial charge < -0.3 is 5.32 Å². The minimum absolute atomic E-state index is 0.0153. The number of fused-ring (bicyclic) bond motifs is 1. The molecule has 0 radical (unpaired) electrons. The first-order valence-corrected chi connectivity index (χ1v) is 6.27. The van der Waals surface area contributed by atoms with Crippen LogP contribution in [0.25, 0.3) is 0 Å². The van der Waals surface area contributed by atoms with Crippen LogP contribution in [0.4, 0.5) is 4.39 Å². The van der Waals surface area contributed by atoms with Gasteiger partial charge in [-0.1, -0.05) is 6.92 Å². The molecule has 2 nitrogen and oxygen atoms in total. The van der Waals surface area contributed by atoms with Crippen molar-refractivity contribution in [2.24, 2.45) is 0 Å². The van der Waals surface area contributed by atoms with Crippen molar-refractivity contribution < 1.29 is 8.60 Å². The molecular weight excluding hydrogens is 213 g/mol. The molecule has 0 saturated carbocycles. The van der Waals surface area contributed by atoms with Gasteiger partial charge in [-0.3, -0.25) is 4.21 Å². The molecule has 15 heavy (non-hydrogen) atoms. The van der Waals surface area contributed by atoms with E-state index >= 15 is 0 Å². The zero-order chi connectivity index (χ0) is 11.0. The molecule has 3 atom stereocenters. The predicted molar refractivity (Wildman–Crippen MR) is 58.7 cm³/mol. The smallest absolute Gasteiger partial charge is 0.123 e. The van der Waals surface area contributed by atoms with Crippen LogP contribution in [0.2, 0.25) is 0 Å². The molecule has 0 fully saturated rings. The van der Waals surface area contributed by atoms with Gasteiger partial charge in [0, 0.05) is 10.9 Å². The van der Waals surface area contributed by atoms with E-state index in [1.54, 1.807) is 6.07 Å². The molecule has 1 aromatic rings. The van der Waals surface area contributed by atoms with Gasteiger partial charge in [0.2, 0.25) is 0 Å². The summed E-state index contributed by atoms with van der Waals surface area (Å²) in [5.41, 5.74) is 0.850.